The van der Waals surface area contributed by atoms with Crippen LogP contribution in [0.15, 0.2) is 18.5 Å². The molecule has 5 heteroatoms. The van der Waals surface area contributed by atoms with Crippen LogP contribution in [0.3, 0.4) is 0 Å². The molecule has 3 N–H and O–H groups in total. The Morgan fingerprint density at radius 3 is 3.10 bits per heavy atom. The molecule has 2 rings (SSSR count). The van der Waals surface area contributed by atoms with Gasteiger partial charge in [-0.2, -0.15) is 0 Å². The number of fused-ring (bicyclic) bond motifs is 1. The Kier molecular flexibility index (Phi) is 1.59. The van der Waals surface area contributed by atoms with E-state index in [1.54, 1.807) is 12.4 Å². The standard InChI is InChI=1S/C5H4N4.H2O/c1-2-6-5-3-7-9-8-4(1)5;/h1-3,6H;1H2. The third kappa shape index (κ3) is 0.822. The molecule has 0 saturated carbocycles. The summed E-state index contributed by atoms with van der Waals surface area (Å²) in [5.41, 5.74) is 1.77. The van der Waals surface area contributed by atoms with E-state index in [2.05, 4.69) is 20.4 Å². The Hall–Kier alpha value is -1.49. The molecule has 0 radical (unpaired) electrons. The summed E-state index contributed by atoms with van der Waals surface area (Å²) >= 11 is 0. The summed E-state index contributed by atoms with van der Waals surface area (Å²) in [4.78, 5) is 2.95. The zero-order valence-corrected chi connectivity index (χ0v) is 5.07. The first-order valence-electron chi connectivity index (χ1n) is 2.58. The molecular weight excluding hydrogens is 132 g/mol. The van der Waals surface area contributed by atoms with Gasteiger partial charge in [0.1, 0.15) is 5.52 Å². The molecule has 0 saturated heterocycles. The summed E-state index contributed by atoms with van der Waals surface area (Å²) in [6.07, 6.45) is 3.45. The number of aromatic amines is 1. The van der Waals surface area contributed by atoms with Crippen LogP contribution in [-0.4, -0.2) is 25.9 Å². The predicted octanol–water partition coefficient (Wildman–Crippen LogP) is -0.472. The fourth-order valence-electron chi connectivity index (χ4n) is 0.722. The minimum Gasteiger partial charge on any atom is -0.412 e. The summed E-state index contributed by atoms with van der Waals surface area (Å²) < 4.78 is 0. The summed E-state index contributed by atoms with van der Waals surface area (Å²) in [5, 5.41) is 10.8. The van der Waals surface area contributed by atoms with Gasteiger partial charge in [0, 0.05) is 6.20 Å². The minimum atomic E-state index is 0. The van der Waals surface area contributed by atoms with Gasteiger partial charge in [0.2, 0.25) is 0 Å². The normalized spacial score (nSPS) is 9.20. The molecule has 10 heavy (non-hydrogen) atoms. The first-order valence-corrected chi connectivity index (χ1v) is 2.58. The lowest BCUT2D eigenvalue weighted by Gasteiger charge is -1.80. The molecule has 0 unspecified atom stereocenters. The molecule has 0 aromatic carbocycles. The largest absolute Gasteiger partial charge is 0.412 e. The highest BCUT2D eigenvalue weighted by molar-refractivity contribution is 5.72. The Morgan fingerprint density at radius 2 is 2.30 bits per heavy atom. The van der Waals surface area contributed by atoms with E-state index in [0.717, 1.165) is 11.0 Å². The number of rotatable bonds is 0. The van der Waals surface area contributed by atoms with Gasteiger partial charge in [-0.15, -0.1) is 10.2 Å². The average molecular weight is 138 g/mol. The van der Waals surface area contributed by atoms with Gasteiger partial charge in [0.25, 0.3) is 0 Å². The fraction of sp³-hybridized carbons (Fsp3) is 0. The highest BCUT2D eigenvalue weighted by Gasteiger charge is 1.90. The zero-order chi connectivity index (χ0) is 6.10. The fourth-order valence-corrected chi connectivity index (χ4v) is 0.722. The maximum atomic E-state index is 3.75. The maximum absolute atomic E-state index is 3.75. The van der Waals surface area contributed by atoms with E-state index in [4.69, 9.17) is 0 Å². The van der Waals surface area contributed by atoms with Crippen molar-refractivity contribution in [1.82, 2.24) is 20.4 Å². The molecule has 52 valence electrons. The zero-order valence-electron chi connectivity index (χ0n) is 5.07. The van der Waals surface area contributed by atoms with Crippen molar-refractivity contribution < 1.29 is 5.48 Å². The Balaban J connectivity index is 0.000000500. The molecule has 0 fully saturated rings. The molecule has 2 heterocycles. The van der Waals surface area contributed by atoms with E-state index in [1.165, 1.54) is 0 Å². The van der Waals surface area contributed by atoms with Gasteiger partial charge in [-0.25, -0.2) is 0 Å². The molecule has 2 aromatic heterocycles. The van der Waals surface area contributed by atoms with Crippen LogP contribution in [0.5, 0.6) is 0 Å². The molecule has 2 aromatic rings. The summed E-state index contributed by atoms with van der Waals surface area (Å²) in [6, 6.07) is 1.85. The van der Waals surface area contributed by atoms with Crippen LogP contribution in [-0.2, 0) is 0 Å². The predicted molar refractivity (Wildman–Crippen MR) is 35.3 cm³/mol. The number of aromatic nitrogens is 4. The van der Waals surface area contributed by atoms with Gasteiger partial charge in [-0.05, 0) is 11.3 Å². The van der Waals surface area contributed by atoms with Crippen LogP contribution < -0.4 is 0 Å². The van der Waals surface area contributed by atoms with Gasteiger partial charge in [0.15, 0.2) is 0 Å². The molecular formula is C5H6N4O. The van der Waals surface area contributed by atoms with E-state index in [0.29, 0.717) is 0 Å². The first kappa shape index (κ1) is 6.63. The topological polar surface area (TPSA) is 86.0 Å². The van der Waals surface area contributed by atoms with Crippen molar-refractivity contribution in [2.45, 2.75) is 0 Å². The van der Waals surface area contributed by atoms with Crippen molar-refractivity contribution in [2.24, 2.45) is 0 Å². The van der Waals surface area contributed by atoms with Crippen molar-refractivity contribution >= 4 is 11.0 Å². The Labute approximate surface area is 56.4 Å². The van der Waals surface area contributed by atoms with Crippen LogP contribution in [0.2, 0.25) is 0 Å². The van der Waals surface area contributed by atoms with Crippen molar-refractivity contribution in [3.63, 3.8) is 0 Å². The van der Waals surface area contributed by atoms with Gasteiger partial charge in [-0.1, -0.05) is 0 Å². The van der Waals surface area contributed by atoms with Crippen LogP contribution in [0.1, 0.15) is 0 Å². The number of H-pyrrole nitrogens is 1. The quantitative estimate of drug-likeness (QED) is 0.533. The molecule has 5 nitrogen and oxygen atoms in total. The smallest absolute Gasteiger partial charge is 0.114 e. The van der Waals surface area contributed by atoms with Crippen molar-refractivity contribution in [2.75, 3.05) is 0 Å². The third-order valence-electron chi connectivity index (χ3n) is 1.15. The Morgan fingerprint density at radius 1 is 1.40 bits per heavy atom. The second-order valence-corrected chi connectivity index (χ2v) is 1.71. The summed E-state index contributed by atoms with van der Waals surface area (Å²) in [7, 11) is 0. The molecule has 0 aliphatic carbocycles. The monoisotopic (exact) mass is 138 g/mol. The Bertz CT molecular complexity index is 288. The van der Waals surface area contributed by atoms with Gasteiger partial charge in [0.05, 0.1) is 11.7 Å². The van der Waals surface area contributed by atoms with E-state index in [9.17, 15) is 0 Å². The minimum absolute atomic E-state index is 0. The lowest BCUT2D eigenvalue weighted by molar-refractivity contribution is 0.824. The van der Waals surface area contributed by atoms with Gasteiger partial charge >= 0.3 is 0 Å². The van der Waals surface area contributed by atoms with Gasteiger partial charge < -0.3 is 10.5 Å². The van der Waals surface area contributed by atoms with Crippen LogP contribution in [0.25, 0.3) is 11.0 Å². The van der Waals surface area contributed by atoms with E-state index >= 15 is 0 Å². The highest BCUT2D eigenvalue weighted by atomic mass is 16.0. The molecule has 0 atom stereocenters. The van der Waals surface area contributed by atoms with Crippen LogP contribution in [0, 0.1) is 0 Å². The van der Waals surface area contributed by atoms with Gasteiger partial charge in [-0.3, -0.25) is 0 Å². The average Bonchev–Trinajstić information content (AvgIpc) is 2.33. The van der Waals surface area contributed by atoms with E-state index in [-0.39, 0.29) is 5.48 Å². The van der Waals surface area contributed by atoms with Crippen molar-refractivity contribution in [3.05, 3.63) is 18.5 Å². The number of hydrogen-bond acceptors (Lipinski definition) is 3. The molecule has 0 aliphatic rings. The lowest BCUT2D eigenvalue weighted by atomic mass is 10.5. The number of hydrogen-bond donors (Lipinski definition) is 1. The summed E-state index contributed by atoms with van der Waals surface area (Å²) in [5.74, 6) is 0. The van der Waals surface area contributed by atoms with Crippen LogP contribution >= 0.6 is 0 Å². The third-order valence-corrected chi connectivity index (χ3v) is 1.15. The molecule has 0 bridgehead atoms. The lowest BCUT2D eigenvalue weighted by Crippen LogP contribution is -1.83. The second kappa shape index (κ2) is 2.40. The van der Waals surface area contributed by atoms with Crippen molar-refractivity contribution in [1.29, 1.82) is 0 Å². The van der Waals surface area contributed by atoms with Crippen LogP contribution in [0.4, 0.5) is 0 Å². The number of nitrogens with zero attached hydrogens (tertiary/aromatic N) is 3. The molecule has 0 amide bonds. The summed E-state index contributed by atoms with van der Waals surface area (Å²) in [6.45, 7) is 0. The van der Waals surface area contributed by atoms with Crippen molar-refractivity contribution in [3.8, 4) is 0 Å². The molecule has 0 spiro atoms. The SMILES string of the molecule is O.c1cc2nnncc2[nH]1. The number of nitrogens with one attached hydrogen (secondary N) is 1. The van der Waals surface area contributed by atoms with E-state index < -0.39 is 0 Å². The maximum Gasteiger partial charge on any atom is 0.114 e. The molecule has 0 aliphatic heterocycles. The highest BCUT2D eigenvalue weighted by Crippen LogP contribution is 2.02. The van der Waals surface area contributed by atoms with E-state index in [1.807, 2.05) is 6.07 Å². The first-order chi connectivity index (χ1) is 4.47. The second-order valence-electron chi connectivity index (χ2n) is 1.71.